The number of alkyl halides is 1. The molecule has 0 aliphatic carbocycles. The lowest BCUT2D eigenvalue weighted by Crippen LogP contribution is -2.14. The summed E-state index contributed by atoms with van der Waals surface area (Å²) in [5.74, 6) is 0.662. The quantitative estimate of drug-likeness (QED) is 0.670. The molecular weight excluding hydrogens is 301 g/mol. The van der Waals surface area contributed by atoms with E-state index in [4.69, 9.17) is 0 Å². The maximum Gasteiger partial charge on any atom is 0.234 e. The number of rotatable bonds is 4. The van der Waals surface area contributed by atoms with Gasteiger partial charge in [-0.3, -0.25) is 4.79 Å². The molecule has 0 saturated heterocycles. The van der Waals surface area contributed by atoms with Crippen LogP contribution in [-0.4, -0.2) is 10.3 Å². The van der Waals surface area contributed by atoms with E-state index in [9.17, 15) is 4.79 Å². The molecule has 0 fully saturated rings. The Morgan fingerprint density at radius 2 is 2.07 bits per heavy atom. The van der Waals surface area contributed by atoms with E-state index in [1.807, 2.05) is 18.2 Å². The lowest BCUT2D eigenvalue weighted by Gasteiger charge is -2.11. The minimum atomic E-state index is 0.0619. The smallest absolute Gasteiger partial charge is 0.234 e. The van der Waals surface area contributed by atoms with Crippen molar-refractivity contribution in [2.75, 3.05) is 9.74 Å². The van der Waals surface area contributed by atoms with Crippen molar-refractivity contribution >= 4 is 34.2 Å². The van der Waals surface area contributed by atoms with Gasteiger partial charge in [0.25, 0.3) is 0 Å². The van der Waals surface area contributed by atoms with Crippen LogP contribution >= 0.6 is 22.6 Å². The van der Waals surface area contributed by atoms with Crippen LogP contribution in [0.1, 0.15) is 19.4 Å². The molecule has 2 nitrogen and oxygen atoms in total. The number of benzene rings is 1. The van der Waals surface area contributed by atoms with Crippen LogP contribution in [0, 0.1) is 5.92 Å². The zero-order chi connectivity index (χ0) is 11.3. The van der Waals surface area contributed by atoms with Crippen LogP contribution in [-0.2, 0) is 11.2 Å². The van der Waals surface area contributed by atoms with Gasteiger partial charge in [-0.15, -0.1) is 0 Å². The number of carbonyl (C=O) groups excluding carboxylic acids is 1. The molecule has 0 unspecified atom stereocenters. The van der Waals surface area contributed by atoms with Gasteiger partial charge in [-0.2, -0.15) is 0 Å². The number of anilines is 1. The van der Waals surface area contributed by atoms with Crippen LogP contribution < -0.4 is 5.32 Å². The lowest BCUT2D eigenvalue weighted by atomic mass is 10.0. The lowest BCUT2D eigenvalue weighted by molar-refractivity contribution is -0.113. The summed E-state index contributed by atoms with van der Waals surface area (Å²) in [4.78, 5) is 11.3. The summed E-state index contributed by atoms with van der Waals surface area (Å²) in [6, 6.07) is 7.99. The first-order valence-corrected chi connectivity index (χ1v) is 6.59. The molecule has 1 amide bonds. The molecule has 1 aromatic carbocycles. The van der Waals surface area contributed by atoms with E-state index in [0.29, 0.717) is 10.3 Å². The van der Waals surface area contributed by atoms with Gasteiger partial charge < -0.3 is 5.32 Å². The molecule has 15 heavy (non-hydrogen) atoms. The van der Waals surface area contributed by atoms with Crippen LogP contribution in [0.5, 0.6) is 0 Å². The maximum atomic E-state index is 11.3. The van der Waals surface area contributed by atoms with Gasteiger partial charge in [-0.25, -0.2) is 0 Å². The number of carbonyl (C=O) groups is 1. The highest BCUT2D eigenvalue weighted by Crippen LogP contribution is 2.18. The highest BCUT2D eigenvalue weighted by Gasteiger charge is 2.06. The van der Waals surface area contributed by atoms with Gasteiger partial charge in [0.1, 0.15) is 0 Å². The van der Waals surface area contributed by atoms with Crippen LogP contribution in [0.2, 0.25) is 0 Å². The molecule has 0 aliphatic heterocycles. The monoisotopic (exact) mass is 317 g/mol. The number of para-hydroxylation sites is 1. The average molecular weight is 317 g/mol. The zero-order valence-corrected chi connectivity index (χ0v) is 11.2. The molecule has 0 heterocycles. The van der Waals surface area contributed by atoms with Crippen molar-refractivity contribution < 1.29 is 4.79 Å². The van der Waals surface area contributed by atoms with E-state index in [2.05, 4.69) is 47.8 Å². The van der Waals surface area contributed by atoms with Gasteiger partial charge in [0, 0.05) is 5.69 Å². The molecule has 0 radical (unpaired) electrons. The minimum absolute atomic E-state index is 0.0619. The van der Waals surface area contributed by atoms with E-state index in [-0.39, 0.29) is 5.91 Å². The van der Waals surface area contributed by atoms with Crippen molar-refractivity contribution in [3.63, 3.8) is 0 Å². The molecule has 1 N–H and O–H groups in total. The largest absolute Gasteiger partial charge is 0.325 e. The van der Waals surface area contributed by atoms with Crippen molar-refractivity contribution in [2.45, 2.75) is 20.3 Å². The van der Waals surface area contributed by atoms with Crippen molar-refractivity contribution in [2.24, 2.45) is 5.92 Å². The summed E-state index contributed by atoms with van der Waals surface area (Å²) in [6.45, 7) is 4.36. The van der Waals surface area contributed by atoms with Gasteiger partial charge in [0.05, 0.1) is 4.43 Å². The van der Waals surface area contributed by atoms with Crippen LogP contribution in [0.3, 0.4) is 0 Å². The van der Waals surface area contributed by atoms with Crippen molar-refractivity contribution in [3.05, 3.63) is 29.8 Å². The summed E-state index contributed by atoms with van der Waals surface area (Å²) in [5, 5.41) is 2.92. The van der Waals surface area contributed by atoms with Crippen molar-refractivity contribution in [1.29, 1.82) is 0 Å². The first kappa shape index (κ1) is 12.5. The van der Waals surface area contributed by atoms with Crippen LogP contribution in [0.4, 0.5) is 5.69 Å². The van der Waals surface area contributed by atoms with E-state index in [1.54, 1.807) is 0 Å². The zero-order valence-electron chi connectivity index (χ0n) is 9.09. The molecule has 82 valence electrons. The Kier molecular flexibility index (Phi) is 5.08. The molecule has 1 rings (SSSR count). The van der Waals surface area contributed by atoms with E-state index < -0.39 is 0 Å². The fourth-order valence-corrected chi connectivity index (χ4v) is 1.63. The third-order valence-electron chi connectivity index (χ3n) is 2.04. The number of halogens is 1. The topological polar surface area (TPSA) is 29.1 Å². The normalized spacial score (nSPS) is 10.4. The molecule has 3 heteroatoms. The number of nitrogens with one attached hydrogen (secondary N) is 1. The standard InChI is InChI=1S/C12H16INO/c1-9(2)7-10-5-3-4-6-11(10)14-12(15)8-13/h3-6,9H,7-8H2,1-2H3,(H,14,15). The summed E-state index contributed by atoms with van der Waals surface area (Å²) in [5.41, 5.74) is 2.17. The first-order chi connectivity index (χ1) is 7.13. The van der Waals surface area contributed by atoms with Crippen molar-refractivity contribution in [1.82, 2.24) is 0 Å². The molecule has 0 aliphatic rings. The Morgan fingerprint density at radius 3 is 2.67 bits per heavy atom. The average Bonchev–Trinajstić information content (AvgIpc) is 2.20. The van der Waals surface area contributed by atoms with E-state index in [0.717, 1.165) is 12.1 Å². The van der Waals surface area contributed by atoms with E-state index >= 15 is 0 Å². The third-order valence-corrected chi connectivity index (χ3v) is 2.73. The van der Waals surface area contributed by atoms with Gasteiger partial charge >= 0.3 is 0 Å². The molecule has 0 bridgehead atoms. The second kappa shape index (κ2) is 6.10. The Hall–Kier alpha value is -0.580. The Bertz CT molecular complexity index is 336. The van der Waals surface area contributed by atoms with Crippen molar-refractivity contribution in [3.8, 4) is 0 Å². The predicted molar refractivity (Wildman–Crippen MR) is 72.5 cm³/mol. The Balaban J connectivity index is 2.81. The number of amides is 1. The number of hydrogen-bond acceptors (Lipinski definition) is 1. The molecule has 1 aromatic rings. The maximum absolute atomic E-state index is 11.3. The van der Waals surface area contributed by atoms with Crippen LogP contribution in [0.25, 0.3) is 0 Å². The molecule has 0 aromatic heterocycles. The fourth-order valence-electron chi connectivity index (χ4n) is 1.44. The first-order valence-electron chi connectivity index (χ1n) is 5.07. The van der Waals surface area contributed by atoms with Gasteiger partial charge in [-0.05, 0) is 24.0 Å². The highest BCUT2D eigenvalue weighted by atomic mass is 127. The van der Waals surface area contributed by atoms with Gasteiger partial charge in [0.2, 0.25) is 5.91 Å². The summed E-state index contributed by atoms with van der Waals surface area (Å²) >= 11 is 2.07. The van der Waals surface area contributed by atoms with Crippen LogP contribution in [0.15, 0.2) is 24.3 Å². The highest BCUT2D eigenvalue weighted by molar-refractivity contribution is 14.1. The molecule has 0 saturated carbocycles. The summed E-state index contributed by atoms with van der Waals surface area (Å²) in [6.07, 6.45) is 0.998. The SMILES string of the molecule is CC(C)Cc1ccccc1NC(=O)CI. The number of hydrogen-bond donors (Lipinski definition) is 1. The van der Waals surface area contributed by atoms with Gasteiger partial charge in [0.15, 0.2) is 0 Å². The minimum Gasteiger partial charge on any atom is -0.325 e. The Labute approximate surface area is 105 Å². The second-order valence-electron chi connectivity index (χ2n) is 3.94. The van der Waals surface area contributed by atoms with E-state index in [1.165, 1.54) is 5.56 Å². The fraction of sp³-hybridized carbons (Fsp3) is 0.417. The van der Waals surface area contributed by atoms with Gasteiger partial charge in [-0.1, -0.05) is 54.6 Å². The molecule has 0 spiro atoms. The second-order valence-corrected chi connectivity index (χ2v) is 4.70. The predicted octanol–water partition coefficient (Wildman–Crippen LogP) is 3.26. The summed E-state index contributed by atoms with van der Waals surface area (Å²) < 4.78 is 0.494. The molecule has 0 atom stereocenters. The third kappa shape index (κ3) is 4.20. The summed E-state index contributed by atoms with van der Waals surface area (Å²) in [7, 11) is 0. The Morgan fingerprint density at radius 1 is 1.40 bits per heavy atom. The molecular formula is C12H16INO.